The van der Waals surface area contributed by atoms with Gasteiger partial charge in [-0.25, -0.2) is 0 Å². The first-order valence-electron chi connectivity index (χ1n) is 9.59. The lowest BCUT2D eigenvalue weighted by Crippen LogP contribution is -2.50. The number of thioether (sulfide) groups is 1. The van der Waals surface area contributed by atoms with Crippen molar-refractivity contribution in [3.63, 3.8) is 0 Å². The number of fused-ring (bicyclic) bond motifs is 3. The molecule has 3 atom stereocenters. The molecule has 0 unspecified atom stereocenters. The van der Waals surface area contributed by atoms with Crippen molar-refractivity contribution < 1.29 is 9.90 Å². The third-order valence-corrected chi connectivity index (χ3v) is 6.82. The van der Waals surface area contributed by atoms with Crippen LogP contribution in [-0.4, -0.2) is 46.1 Å². The van der Waals surface area contributed by atoms with Crippen molar-refractivity contribution in [2.45, 2.75) is 35.6 Å². The molecule has 7 heteroatoms. The van der Waals surface area contributed by atoms with Crippen LogP contribution < -0.4 is 10.6 Å². The Morgan fingerprint density at radius 3 is 2.79 bits per heavy atom. The highest BCUT2D eigenvalue weighted by Crippen LogP contribution is 2.39. The molecule has 3 heterocycles. The summed E-state index contributed by atoms with van der Waals surface area (Å²) in [4.78, 5) is 11.3. The number of nitrogens with zero attached hydrogens (tertiary/aromatic N) is 2. The van der Waals surface area contributed by atoms with Crippen LogP contribution in [-0.2, 0) is 4.79 Å². The van der Waals surface area contributed by atoms with Crippen LogP contribution in [0.4, 0.5) is 0 Å². The molecule has 0 radical (unpaired) electrons. The van der Waals surface area contributed by atoms with E-state index in [1.807, 2.05) is 30.0 Å². The second-order valence-corrected chi connectivity index (χ2v) is 8.58. The predicted octanol–water partition coefficient (Wildman–Crippen LogP) is 2.84. The number of amides is 1. The maximum Gasteiger partial charge on any atom is 0.243 e. The Labute approximate surface area is 168 Å². The molecule has 28 heavy (non-hydrogen) atoms. The van der Waals surface area contributed by atoms with Crippen molar-refractivity contribution in [1.29, 1.82) is 0 Å². The van der Waals surface area contributed by atoms with E-state index in [1.165, 1.54) is 25.3 Å². The van der Waals surface area contributed by atoms with E-state index < -0.39 is 0 Å². The second kappa shape index (κ2) is 8.32. The van der Waals surface area contributed by atoms with Crippen LogP contribution in [0.15, 0.2) is 41.4 Å². The molecule has 1 aromatic heterocycles. The smallest absolute Gasteiger partial charge is 0.243 e. The van der Waals surface area contributed by atoms with Gasteiger partial charge >= 0.3 is 0 Å². The van der Waals surface area contributed by atoms with Crippen LogP contribution in [0.5, 0.6) is 5.75 Å². The number of phenolic OH excluding ortho intramolecular Hbond substituents is 1. The van der Waals surface area contributed by atoms with Crippen molar-refractivity contribution in [1.82, 2.24) is 20.8 Å². The molecule has 0 spiro atoms. The van der Waals surface area contributed by atoms with Gasteiger partial charge in [-0.3, -0.25) is 4.79 Å². The van der Waals surface area contributed by atoms with E-state index in [1.54, 1.807) is 25.3 Å². The molecule has 1 aromatic carbocycles. The van der Waals surface area contributed by atoms with Crippen LogP contribution in [0.1, 0.15) is 24.8 Å². The largest absolute Gasteiger partial charge is 0.507 e. The molecule has 5 rings (SSSR count). The molecule has 6 nitrogen and oxygen atoms in total. The summed E-state index contributed by atoms with van der Waals surface area (Å²) in [5.74, 6) is 0.643. The van der Waals surface area contributed by atoms with Crippen molar-refractivity contribution in [3.8, 4) is 17.0 Å². The van der Waals surface area contributed by atoms with Gasteiger partial charge in [0, 0.05) is 30.0 Å². The molecule has 3 fully saturated rings. The number of likely N-dealkylation sites (N-methyl/N-ethyl adjacent to an activating group) is 1. The zero-order valence-corrected chi connectivity index (χ0v) is 16.6. The van der Waals surface area contributed by atoms with Gasteiger partial charge < -0.3 is 15.7 Å². The first-order valence-corrected chi connectivity index (χ1v) is 10.5. The number of phenols is 1. The maximum absolute atomic E-state index is 11.3. The Morgan fingerprint density at radius 1 is 1.29 bits per heavy atom. The van der Waals surface area contributed by atoms with Gasteiger partial charge in [0.25, 0.3) is 0 Å². The molecule has 2 bridgehead atoms. The number of aromatic nitrogens is 2. The summed E-state index contributed by atoms with van der Waals surface area (Å²) in [6.07, 6.45) is 6.87. The standard InChI is InChI=1S/C21H24N4O2S/c1-22-20(27)8-3-13-2-6-16(18(26)10-13)17-7-9-21(25-24-17)28-19-11-15-5-4-14(19)12-23-15/h2-3,6-10,14-15,19,23,26H,4-5,11-12H2,1H3,(H,22,27)/b8-3+/t14-,15-,19+/m1/s1. The highest BCUT2D eigenvalue weighted by Gasteiger charge is 2.36. The Hall–Kier alpha value is -2.38. The first kappa shape index (κ1) is 19.0. The van der Waals surface area contributed by atoms with Gasteiger partial charge in [0.15, 0.2) is 0 Å². The minimum atomic E-state index is -0.190. The first-order chi connectivity index (χ1) is 13.6. The highest BCUT2D eigenvalue weighted by molar-refractivity contribution is 7.99. The summed E-state index contributed by atoms with van der Waals surface area (Å²) in [7, 11) is 1.57. The number of carbonyl (C=O) groups excluding carboxylic acids is 1. The Kier molecular flexibility index (Phi) is 5.64. The molecule has 2 aromatic rings. The van der Waals surface area contributed by atoms with Gasteiger partial charge in [-0.05, 0) is 67.6 Å². The van der Waals surface area contributed by atoms with Gasteiger partial charge in [-0.1, -0.05) is 6.07 Å². The van der Waals surface area contributed by atoms with Crippen LogP contribution in [0.25, 0.3) is 17.3 Å². The van der Waals surface area contributed by atoms with E-state index in [4.69, 9.17) is 0 Å². The maximum atomic E-state index is 11.3. The number of aromatic hydroxyl groups is 1. The topological polar surface area (TPSA) is 87.1 Å². The van der Waals surface area contributed by atoms with Crippen LogP contribution in [0.3, 0.4) is 0 Å². The Balaban J connectivity index is 1.45. The summed E-state index contributed by atoms with van der Waals surface area (Å²) in [6.45, 7) is 1.11. The highest BCUT2D eigenvalue weighted by atomic mass is 32.2. The van der Waals surface area contributed by atoms with Crippen molar-refractivity contribution in [2.24, 2.45) is 5.92 Å². The quantitative estimate of drug-likeness (QED) is 0.674. The molecule has 2 saturated heterocycles. The third-order valence-electron chi connectivity index (χ3n) is 5.48. The number of nitrogens with one attached hydrogen (secondary N) is 2. The van der Waals surface area contributed by atoms with E-state index in [-0.39, 0.29) is 11.7 Å². The third kappa shape index (κ3) is 4.20. The monoisotopic (exact) mass is 396 g/mol. The molecule has 1 amide bonds. The number of hydrogen-bond acceptors (Lipinski definition) is 6. The van der Waals surface area contributed by atoms with E-state index in [9.17, 15) is 9.90 Å². The second-order valence-electron chi connectivity index (χ2n) is 7.32. The molecular formula is C21H24N4O2S. The molecule has 1 aliphatic carbocycles. The number of hydrogen-bond donors (Lipinski definition) is 3. The number of rotatable bonds is 5. The Morgan fingerprint density at radius 2 is 2.18 bits per heavy atom. The summed E-state index contributed by atoms with van der Waals surface area (Å²) >= 11 is 1.83. The fraction of sp³-hybridized carbons (Fsp3) is 0.381. The van der Waals surface area contributed by atoms with E-state index in [0.29, 0.717) is 22.5 Å². The zero-order valence-electron chi connectivity index (χ0n) is 15.8. The predicted molar refractivity (Wildman–Crippen MR) is 111 cm³/mol. The summed E-state index contributed by atoms with van der Waals surface area (Å²) in [5.41, 5.74) is 2.00. The van der Waals surface area contributed by atoms with Gasteiger partial charge in [0.05, 0.1) is 5.69 Å². The van der Waals surface area contributed by atoms with Gasteiger partial charge in [0.2, 0.25) is 5.91 Å². The lowest BCUT2D eigenvalue weighted by atomic mass is 9.81. The molecule has 3 N–H and O–H groups in total. The van der Waals surface area contributed by atoms with E-state index in [2.05, 4.69) is 20.8 Å². The molecule has 1 saturated carbocycles. The number of benzene rings is 1. The zero-order chi connectivity index (χ0) is 19.5. The molecule has 146 valence electrons. The average molecular weight is 397 g/mol. The lowest BCUT2D eigenvalue weighted by Gasteiger charge is -2.42. The van der Waals surface area contributed by atoms with Crippen LogP contribution >= 0.6 is 11.8 Å². The van der Waals surface area contributed by atoms with Crippen molar-refractivity contribution in [2.75, 3.05) is 13.6 Å². The van der Waals surface area contributed by atoms with Crippen LogP contribution in [0, 0.1) is 5.92 Å². The minimum absolute atomic E-state index is 0.115. The van der Waals surface area contributed by atoms with E-state index in [0.717, 1.165) is 23.1 Å². The van der Waals surface area contributed by atoms with Gasteiger partial charge in [-0.2, -0.15) is 0 Å². The summed E-state index contributed by atoms with van der Waals surface area (Å²) in [6, 6.07) is 9.80. The van der Waals surface area contributed by atoms with Gasteiger partial charge in [-0.15, -0.1) is 22.0 Å². The number of carbonyl (C=O) groups is 1. The SMILES string of the molecule is CNC(=O)/C=C/c1ccc(-c2ccc(S[C@H]3C[C@H]4CC[C@@H]3CN4)nn2)c(O)c1. The minimum Gasteiger partial charge on any atom is -0.507 e. The Bertz CT molecular complexity index is 876. The summed E-state index contributed by atoms with van der Waals surface area (Å²) < 4.78 is 0. The molecular weight excluding hydrogens is 372 g/mol. The normalized spacial score (nSPS) is 23.8. The van der Waals surface area contributed by atoms with Crippen molar-refractivity contribution in [3.05, 3.63) is 42.0 Å². The van der Waals surface area contributed by atoms with Crippen LogP contribution in [0.2, 0.25) is 0 Å². The fourth-order valence-corrected chi connectivity index (χ4v) is 5.18. The molecule has 3 aliphatic rings. The summed E-state index contributed by atoms with van der Waals surface area (Å²) in [5, 5.41) is 26.7. The molecule has 2 aliphatic heterocycles. The lowest BCUT2D eigenvalue weighted by molar-refractivity contribution is -0.115. The fourth-order valence-electron chi connectivity index (χ4n) is 3.88. The van der Waals surface area contributed by atoms with Crippen molar-refractivity contribution >= 4 is 23.7 Å². The average Bonchev–Trinajstić information content (AvgIpc) is 2.74. The van der Waals surface area contributed by atoms with E-state index >= 15 is 0 Å². The van der Waals surface area contributed by atoms with Gasteiger partial charge in [0.1, 0.15) is 10.8 Å². The number of piperidine rings is 2.